The molecule has 97 heavy (non-hydrogen) atoms. The molecule has 0 saturated carbocycles. The van der Waals surface area contributed by atoms with Crippen molar-refractivity contribution in [3.63, 3.8) is 0 Å². The molecule has 0 bridgehead atoms. The van der Waals surface area contributed by atoms with Gasteiger partial charge < -0.3 is 34.3 Å². The highest BCUT2D eigenvalue weighted by Gasteiger charge is 2.40. The molecular formula is C78H67N9O10. The van der Waals surface area contributed by atoms with Gasteiger partial charge in [-0.25, -0.2) is 9.97 Å². The number of hydroxylamine groups is 2. The molecule has 3 N–H and O–H groups in total. The molecule has 0 aliphatic carbocycles. The summed E-state index contributed by atoms with van der Waals surface area (Å²) in [6, 6.07) is 71.8. The Morgan fingerprint density at radius 3 is 1.35 bits per heavy atom. The number of hydrogen-bond acceptors (Lipinski definition) is 14. The molecule has 6 amide bonds. The number of phenols is 3. The molecule has 9 aromatic carbocycles. The Balaban J connectivity index is 0.000000131. The van der Waals surface area contributed by atoms with Gasteiger partial charge in [-0.3, -0.25) is 43.4 Å². The predicted molar refractivity (Wildman–Crippen MR) is 365 cm³/mol. The lowest BCUT2D eigenvalue weighted by Gasteiger charge is -2.43. The third-order valence-electron chi connectivity index (χ3n) is 17.6. The average Bonchev–Trinajstić information content (AvgIpc) is 1.81. The van der Waals surface area contributed by atoms with Crippen molar-refractivity contribution >= 4 is 46.8 Å². The summed E-state index contributed by atoms with van der Waals surface area (Å²) in [6.45, 7) is 3.88. The summed E-state index contributed by atoms with van der Waals surface area (Å²) in [5, 5.41) is 30.5. The van der Waals surface area contributed by atoms with E-state index in [1.807, 2.05) is 100 Å². The van der Waals surface area contributed by atoms with E-state index in [1.54, 1.807) is 134 Å². The Labute approximate surface area is 559 Å². The molecule has 1 saturated heterocycles. The average molecular weight is 1290 g/mol. The van der Waals surface area contributed by atoms with Crippen molar-refractivity contribution in [1.29, 1.82) is 0 Å². The van der Waals surface area contributed by atoms with Gasteiger partial charge in [-0.15, -0.1) is 5.06 Å². The van der Waals surface area contributed by atoms with Crippen molar-refractivity contribution in [3.05, 3.63) is 316 Å². The standard InChI is InChI=1S/C27H23N3O3.C26H21N3O3.C25H23N3O4/c31-21-10-6-9-20(15-21)17-29-18-28-24(16-19-7-2-1-3-8-19)25(29)13-14-30-26(32)22-11-4-5-12-23(22)27(30)33;30-20-10-6-7-18(15-20)16-28-17-27-24(19-8-2-1-3-9-19)23(28)13-14-29-25(31)21-11-4-5-12-22(21)26(29)32;29-21-10-6-9-19(15-21)27-14-13-26(18-7-2-1-3-8-18)16-20(27)17-32-28-24(30)22-11-4-5-12-23(22)25(28)31/h1-12,15,18,31H,13-14,16-17H2;1-12,15,17,30H,13-14,16H2;1-12,15,20,29H,13-14,16-17H2. The molecule has 4 aliphatic rings. The fraction of sp³-hybridized carbons (Fsp3) is 0.154. The molecule has 1 atom stereocenters. The van der Waals surface area contributed by atoms with Gasteiger partial charge in [0.2, 0.25) is 0 Å². The first kappa shape index (κ1) is 63.5. The second-order valence-corrected chi connectivity index (χ2v) is 23.8. The SMILES string of the molecule is O=C1c2ccccc2C(=O)N1CCc1c(-c2ccccc2)ncn1Cc1cccc(O)c1.O=C1c2ccccc2C(=O)N1CCc1c(Cc2ccccc2)ncn1Cc1cccc(O)c1.O=C1c2ccccc2C(=O)N1OCC1CN(c2ccccc2)CCN1c1cccc(O)c1. The second-order valence-electron chi connectivity index (χ2n) is 23.8. The van der Waals surface area contributed by atoms with Gasteiger partial charge in [-0.2, -0.15) is 0 Å². The van der Waals surface area contributed by atoms with Crippen molar-refractivity contribution in [2.75, 3.05) is 49.1 Å². The van der Waals surface area contributed by atoms with Crippen LogP contribution < -0.4 is 9.80 Å². The number of piperazine rings is 1. The summed E-state index contributed by atoms with van der Waals surface area (Å²) in [4.78, 5) is 98.7. The van der Waals surface area contributed by atoms with Crippen LogP contribution in [0, 0.1) is 0 Å². The molecular weight excluding hydrogens is 1220 g/mol. The monoisotopic (exact) mass is 1290 g/mol. The fourth-order valence-corrected chi connectivity index (χ4v) is 12.8. The molecule has 1 unspecified atom stereocenters. The van der Waals surface area contributed by atoms with Crippen LogP contribution in [0.5, 0.6) is 17.2 Å². The number of aromatic hydroxyl groups is 3. The zero-order valence-corrected chi connectivity index (χ0v) is 52.8. The van der Waals surface area contributed by atoms with Gasteiger partial charge in [0.25, 0.3) is 35.4 Å². The van der Waals surface area contributed by atoms with Crippen LogP contribution in [0.4, 0.5) is 11.4 Å². The van der Waals surface area contributed by atoms with E-state index in [4.69, 9.17) is 4.84 Å². The zero-order valence-electron chi connectivity index (χ0n) is 52.8. The Hall–Kier alpha value is -12.2. The maximum absolute atomic E-state index is 12.8. The van der Waals surface area contributed by atoms with E-state index in [2.05, 4.69) is 44.0 Å². The van der Waals surface area contributed by atoms with E-state index < -0.39 is 11.8 Å². The summed E-state index contributed by atoms with van der Waals surface area (Å²) in [5.41, 5.74) is 12.1. The highest BCUT2D eigenvalue weighted by atomic mass is 16.7. The lowest BCUT2D eigenvalue weighted by atomic mass is 10.1. The summed E-state index contributed by atoms with van der Waals surface area (Å²) >= 11 is 0. The van der Waals surface area contributed by atoms with E-state index >= 15 is 0 Å². The van der Waals surface area contributed by atoms with Crippen LogP contribution in [0.15, 0.2) is 249 Å². The Morgan fingerprint density at radius 2 is 0.835 bits per heavy atom. The van der Waals surface area contributed by atoms with Gasteiger partial charge in [-0.05, 0) is 102 Å². The first-order valence-electron chi connectivity index (χ1n) is 31.9. The third-order valence-corrected chi connectivity index (χ3v) is 17.6. The lowest BCUT2D eigenvalue weighted by molar-refractivity contribution is -0.0956. The summed E-state index contributed by atoms with van der Waals surface area (Å²) in [6.07, 6.45) is 5.18. The van der Waals surface area contributed by atoms with Gasteiger partial charge in [0.05, 0.1) is 70.1 Å². The van der Waals surface area contributed by atoms with Gasteiger partial charge in [0.1, 0.15) is 17.2 Å². The van der Waals surface area contributed by atoms with E-state index in [9.17, 15) is 44.1 Å². The number of amides is 6. The number of imidazole rings is 2. The van der Waals surface area contributed by atoms with E-state index in [1.165, 1.54) is 9.80 Å². The predicted octanol–water partition coefficient (Wildman–Crippen LogP) is 11.5. The molecule has 0 spiro atoms. The van der Waals surface area contributed by atoms with Crippen molar-refractivity contribution in [2.24, 2.45) is 0 Å². The number of fused-ring (bicyclic) bond motifs is 3. The van der Waals surface area contributed by atoms with Crippen molar-refractivity contribution in [2.45, 2.75) is 38.4 Å². The van der Waals surface area contributed by atoms with Gasteiger partial charge in [0.15, 0.2) is 0 Å². The summed E-state index contributed by atoms with van der Waals surface area (Å²) in [7, 11) is 0. The molecule has 0 radical (unpaired) electrons. The van der Waals surface area contributed by atoms with Crippen LogP contribution in [-0.2, 0) is 37.2 Å². The first-order chi connectivity index (χ1) is 47.3. The van der Waals surface area contributed by atoms with Crippen molar-refractivity contribution in [1.82, 2.24) is 34.0 Å². The minimum absolute atomic E-state index is 0.143. The number of hydrogen-bond donors (Lipinski definition) is 3. The molecule has 4 aliphatic heterocycles. The number of carbonyl (C=O) groups is 6. The maximum Gasteiger partial charge on any atom is 0.285 e. The topological polar surface area (TPSA) is 224 Å². The number of nitrogens with zero attached hydrogens (tertiary/aromatic N) is 9. The summed E-state index contributed by atoms with van der Waals surface area (Å²) < 4.78 is 4.04. The smallest absolute Gasteiger partial charge is 0.285 e. The van der Waals surface area contributed by atoms with Gasteiger partial charge in [-0.1, -0.05) is 146 Å². The van der Waals surface area contributed by atoms with E-state index in [-0.39, 0.29) is 66.6 Å². The number of benzene rings is 9. The third kappa shape index (κ3) is 13.9. The molecule has 6 heterocycles. The van der Waals surface area contributed by atoms with Crippen LogP contribution >= 0.6 is 0 Å². The lowest BCUT2D eigenvalue weighted by Crippen LogP contribution is -2.56. The number of anilines is 2. The minimum atomic E-state index is -0.440. The zero-order chi connectivity index (χ0) is 66.9. The molecule has 15 rings (SSSR count). The van der Waals surface area contributed by atoms with Crippen molar-refractivity contribution < 1.29 is 48.9 Å². The number of rotatable bonds is 18. The first-order valence-corrected chi connectivity index (χ1v) is 31.9. The molecule has 2 aromatic heterocycles. The van der Waals surface area contributed by atoms with Crippen LogP contribution in [0.25, 0.3) is 11.3 Å². The molecule has 19 heteroatoms. The van der Waals surface area contributed by atoms with Crippen LogP contribution in [0.3, 0.4) is 0 Å². The largest absolute Gasteiger partial charge is 0.508 e. The minimum Gasteiger partial charge on any atom is -0.508 e. The quantitative estimate of drug-likeness (QED) is 0.0680. The van der Waals surface area contributed by atoms with E-state index in [0.717, 1.165) is 68.0 Å². The van der Waals surface area contributed by atoms with E-state index in [0.29, 0.717) is 78.8 Å². The van der Waals surface area contributed by atoms with Crippen LogP contribution in [0.2, 0.25) is 0 Å². The normalized spacial score (nSPS) is 14.7. The number of carbonyl (C=O) groups excluding carboxylic acids is 6. The number of para-hydroxylation sites is 1. The van der Waals surface area contributed by atoms with Crippen molar-refractivity contribution in [3.8, 4) is 28.5 Å². The number of phenolic OH excluding ortho intramolecular Hbond substituents is 3. The molecule has 19 nitrogen and oxygen atoms in total. The Bertz CT molecular complexity index is 4620. The Kier molecular flexibility index (Phi) is 18.7. The summed E-state index contributed by atoms with van der Waals surface area (Å²) in [5.74, 6) is -1.29. The number of aromatic nitrogens is 4. The van der Waals surface area contributed by atoms with Gasteiger partial charge in [0, 0.05) is 99.5 Å². The highest BCUT2D eigenvalue weighted by molar-refractivity contribution is 6.22. The highest BCUT2D eigenvalue weighted by Crippen LogP contribution is 2.32. The fourth-order valence-electron chi connectivity index (χ4n) is 12.8. The Morgan fingerprint density at radius 1 is 0.412 bits per heavy atom. The number of imide groups is 3. The molecule has 11 aromatic rings. The van der Waals surface area contributed by atoms with Gasteiger partial charge >= 0.3 is 0 Å². The molecule has 484 valence electrons. The molecule has 1 fully saturated rings. The van der Waals surface area contributed by atoms with Crippen LogP contribution in [-0.4, -0.2) is 130 Å². The second kappa shape index (κ2) is 28.6. The van der Waals surface area contributed by atoms with Crippen LogP contribution in [0.1, 0.15) is 95.9 Å². The maximum atomic E-state index is 12.8.